The summed E-state index contributed by atoms with van der Waals surface area (Å²) in [5.41, 5.74) is 4.53. The van der Waals surface area contributed by atoms with E-state index in [0.717, 1.165) is 35.7 Å². The van der Waals surface area contributed by atoms with Crippen LogP contribution < -0.4 is 18.9 Å². The zero-order valence-electron chi connectivity index (χ0n) is 17.8. The average molecular weight is 418 g/mol. The highest BCUT2D eigenvalue weighted by molar-refractivity contribution is 5.56. The van der Waals surface area contributed by atoms with Gasteiger partial charge in [-0.15, -0.1) is 0 Å². The van der Waals surface area contributed by atoms with Crippen LogP contribution in [0.2, 0.25) is 0 Å². The molecule has 1 aliphatic carbocycles. The van der Waals surface area contributed by atoms with Crippen molar-refractivity contribution < 1.29 is 24.1 Å². The molecular formula is C26H26O5. The Labute approximate surface area is 182 Å². The Balaban J connectivity index is 1.57. The number of fused-ring (bicyclic) bond motifs is 2. The molecule has 1 aliphatic heterocycles. The lowest BCUT2D eigenvalue weighted by Gasteiger charge is -2.16. The number of methoxy groups -OCH3 is 1. The zero-order chi connectivity index (χ0) is 21.4. The molecule has 3 aromatic carbocycles. The second-order valence-electron chi connectivity index (χ2n) is 8.02. The molecule has 0 spiro atoms. The highest BCUT2D eigenvalue weighted by Crippen LogP contribution is 2.52. The van der Waals surface area contributed by atoms with Gasteiger partial charge < -0.3 is 24.1 Å². The molecule has 0 aromatic heterocycles. The Morgan fingerprint density at radius 1 is 0.871 bits per heavy atom. The maximum absolute atomic E-state index is 10.8. The van der Waals surface area contributed by atoms with E-state index in [-0.39, 0.29) is 24.4 Å². The topological polar surface area (TPSA) is 57.2 Å². The van der Waals surface area contributed by atoms with Gasteiger partial charge in [-0.1, -0.05) is 25.1 Å². The van der Waals surface area contributed by atoms with Gasteiger partial charge in [0.1, 0.15) is 17.2 Å². The van der Waals surface area contributed by atoms with E-state index in [1.165, 1.54) is 16.7 Å². The third-order valence-electron chi connectivity index (χ3n) is 6.17. The van der Waals surface area contributed by atoms with Gasteiger partial charge in [0.15, 0.2) is 11.5 Å². The molecule has 31 heavy (non-hydrogen) atoms. The van der Waals surface area contributed by atoms with E-state index < -0.39 is 0 Å². The fourth-order valence-corrected chi connectivity index (χ4v) is 4.66. The Hall–Kier alpha value is -3.34. The van der Waals surface area contributed by atoms with Crippen LogP contribution in [-0.2, 0) is 0 Å². The minimum absolute atomic E-state index is 0.0569. The van der Waals surface area contributed by atoms with Gasteiger partial charge in [-0.3, -0.25) is 0 Å². The minimum atomic E-state index is 0.0569. The van der Waals surface area contributed by atoms with Crippen molar-refractivity contribution in [1.82, 2.24) is 0 Å². The van der Waals surface area contributed by atoms with E-state index >= 15 is 0 Å². The number of phenols is 1. The molecule has 0 radical (unpaired) electrons. The predicted octanol–water partition coefficient (Wildman–Crippen LogP) is 5.59. The van der Waals surface area contributed by atoms with Crippen LogP contribution in [-0.4, -0.2) is 25.6 Å². The number of aromatic hydroxyl groups is 1. The van der Waals surface area contributed by atoms with Gasteiger partial charge in [0, 0.05) is 23.5 Å². The Morgan fingerprint density at radius 2 is 1.68 bits per heavy atom. The van der Waals surface area contributed by atoms with Gasteiger partial charge in [0.05, 0.1) is 13.7 Å². The SMILES string of the molecule is CCCOc1ccc2c(c1)C(c1ccc(OC)cc1O)CC2c1ccc2c(c1)OCO2. The number of benzene rings is 3. The average Bonchev–Trinajstić information content (AvgIpc) is 3.41. The van der Waals surface area contributed by atoms with Gasteiger partial charge in [-0.05, 0) is 59.9 Å². The van der Waals surface area contributed by atoms with Crippen LogP contribution in [0.3, 0.4) is 0 Å². The number of hydrogen-bond donors (Lipinski definition) is 1. The van der Waals surface area contributed by atoms with Gasteiger partial charge in [0.25, 0.3) is 0 Å². The molecule has 0 bridgehead atoms. The molecular weight excluding hydrogens is 392 g/mol. The van der Waals surface area contributed by atoms with E-state index in [2.05, 4.69) is 31.2 Å². The van der Waals surface area contributed by atoms with Crippen LogP contribution in [0.4, 0.5) is 0 Å². The summed E-state index contributed by atoms with van der Waals surface area (Å²) in [5.74, 6) is 3.59. The van der Waals surface area contributed by atoms with Crippen molar-refractivity contribution in [3.63, 3.8) is 0 Å². The van der Waals surface area contributed by atoms with E-state index in [0.29, 0.717) is 12.4 Å². The van der Waals surface area contributed by atoms with Crippen molar-refractivity contribution in [3.05, 3.63) is 76.9 Å². The van der Waals surface area contributed by atoms with Crippen LogP contribution in [0.15, 0.2) is 54.6 Å². The lowest BCUT2D eigenvalue weighted by Crippen LogP contribution is -2.00. The summed E-state index contributed by atoms with van der Waals surface area (Å²) < 4.78 is 22.3. The van der Waals surface area contributed by atoms with Crippen molar-refractivity contribution in [2.45, 2.75) is 31.6 Å². The van der Waals surface area contributed by atoms with E-state index in [1.807, 2.05) is 24.3 Å². The largest absolute Gasteiger partial charge is 0.508 e. The smallest absolute Gasteiger partial charge is 0.231 e. The molecule has 2 atom stereocenters. The van der Waals surface area contributed by atoms with Gasteiger partial charge in [-0.2, -0.15) is 0 Å². The van der Waals surface area contributed by atoms with E-state index in [4.69, 9.17) is 18.9 Å². The predicted molar refractivity (Wildman–Crippen MR) is 118 cm³/mol. The van der Waals surface area contributed by atoms with Crippen molar-refractivity contribution in [2.75, 3.05) is 20.5 Å². The Kier molecular flexibility index (Phi) is 5.10. The molecule has 1 heterocycles. The summed E-state index contributed by atoms with van der Waals surface area (Å²) in [4.78, 5) is 0. The number of rotatable bonds is 6. The number of hydrogen-bond acceptors (Lipinski definition) is 5. The van der Waals surface area contributed by atoms with Gasteiger partial charge in [-0.25, -0.2) is 0 Å². The maximum atomic E-state index is 10.8. The van der Waals surface area contributed by atoms with Crippen LogP contribution in [0.25, 0.3) is 0 Å². The third-order valence-corrected chi connectivity index (χ3v) is 6.17. The molecule has 160 valence electrons. The van der Waals surface area contributed by atoms with Crippen molar-refractivity contribution >= 4 is 0 Å². The summed E-state index contributed by atoms with van der Waals surface area (Å²) in [6.07, 6.45) is 1.81. The molecule has 0 amide bonds. The fourth-order valence-electron chi connectivity index (χ4n) is 4.66. The standard InChI is InChI=1S/C26H26O5/c1-3-10-29-18-6-7-19-21(16-4-9-25-26(11-16)31-15-30-25)14-23(22(19)12-18)20-8-5-17(28-2)13-24(20)27/h4-9,11-13,21,23,27H,3,10,14-15H2,1-2H3. The van der Waals surface area contributed by atoms with Crippen molar-refractivity contribution in [1.29, 1.82) is 0 Å². The molecule has 2 unspecified atom stereocenters. The lowest BCUT2D eigenvalue weighted by molar-refractivity contribution is 0.174. The van der Waals surface area contributed by atoms with Crippen molar-refractivity contribution in [3.8, 4) is 28.7 Å². The Bertz CT molecular complexity index is 1110. The van der Waals surface area contributed by atoms with Gasteiger partial charge >= 0.3 is 0 Å². The fraction of sp³-hybridized carbons (Fsp3) is 0.308. The summed E-state index contributed by atoms with van der Waals surface area (Å²) in [6.45, 7) is 3.05. The second-order valence-corrected chi connectivity index (χ2v) is 8.02. The summed E-state index contributed by atoms with van der Waals surface area (Å²) in [7, 11) is 1.60. The first-order valence-electron chi connectivity index (χ1n) is 10.7. The molecule has 2 aliphatic rings. The third kappa shape index (κ3) is 3.54. The van der Waals surface area contributed by atoms with Crippen molar-refractivity contribution in [2.24, 2.45) is 0 Å². The molecule has 1 N–H and O–H groups in total. The Morgan fingerprint density at radius 3 is 2.48 bits per heavy atom. The monoisotopic (exact) mass is 418 g/mol. The lowest BCUT2D eigenvalue weighted by atomic mass is 9.90. The molecule has 5 nitrogen and oxygen atoms in total. The number of phenolic OH excluding ortho intramolecular Hbond substituents is 1. The highest BCUT2D eigenvalue weighted by Gasteiger charge is 2.35. The first-order valence-corrected chi connectivity index (χ1v) is 10.7. The molecule has 5 heteroatoms. The summed E-state index contributed by atoms with van der Waals surface area (Å²) >= 11 is 0. The molecule has 0 saturated carbocycles. The first kappa shape index (κ1) is 19.6. The van der Waals surface area contributed by atoms with E-state index in [1.54, 1.807) is 13.2 Å². The highest BCUT2D eigenvalue weighted by atomic mass is 16.7. The molecule has 0 saturated heterocycles. The molecule has 3 aromatic rings. The normalized spacial score (nSPS) is 18.6. The first-order chi connectivity index (χ1) is 15.2. The van der Waals surface area contributed by atoms with Crippen LogP contribution in [0.1, 0.15) is 53.9 Å². The quantitative estimate of drug-likeness (QED) is 0.566. The maximum Gasteiger partial charge on any atom is 0.231 e. The van der Waals surface area contributed by atoms with Gasteiger partial charge in [0.2, 0.25) is 6.79 Å². The number of ether oxygens (including phenoxy) is 4. The van der Waals surface area contributed by atoms with Crippen LogP contribution in [0.5, 0.6) is 28.7 Å². The second kappa shape index (κ2) is 8.06. The molecule has 5 rings (SSSR count). The van der Waals surface area contributed by atoms with E-state index in [9.17, 15) is 5.11 Å². The molecule has 0 fully saturated rings. The minimum Gasteiger partial charge on any atom is -0.508 e. The summed E-state index contributed by atoms with van der Waals surface area (Å²) in [6, 6.07) is 18.1. The summed E-state index contributed by atoms with van der Waals surface area (Å²) in [5, 5.41) is 10.8. The zero-order valence-corrected chi connectivity index (χ0v) is 17.8. The van der Waals surface area contributed by atoms with Crippen LogP contribution >= 0.6 is 0 Å². The van der Waals surface area contributed by atoms with Crippen LogP contribution in [0, 0.1) is 0 Å².